The summed E-state index contributed by atoms with van der Waals surface area (Å²) < 4.78 is 158. The van der Waals surface area contributed by atoms with E-state index in [0.29, 0.717) is 48.4 Å². The van der Waals surface area contributed by atoms with Crippen LogP contribution < -0.4 is 19.6 Å². The molecule has 2 saturated carbocycles. The molecule has 744 valence electrons. The molecule has 21 heteroatoms. The van der Waals surface area contributed by atoms with Gasteiger partial charge < -0.3 is 34.5 Å². The number of halogens is 10. The Hall–Kier alpha value is -11.4. The quantitative estimate of drug-likeness (QED) is 0.00657. The van der Waals surface area contributed by atoms with Crippen LogP contribution in [0.1, 0.15) is 247 Å². The standard InChI is InChI=1S/C62H54F10N4.C45H64N6.2C5H10.2CH3.Fe/c1-35-13-9-11-15-41(35)31-61(3)43-29-39(49-51(63)55(67)59(71)56(68)52(49)64)21-23-45(43)75(47(61)25-27-73(5)6)33-37-17-19-38(20-18-37)34-76-46-24-22-40(50-53(65)57(69)60(72)58(70)54(50)66)30-44(46)62(4,48(76)26-28-74(7)8)32-42-16-12-10-14-36(42)2;1-11-17-28-44(7)38-34-36(46-9)22-24-40(38)50(42(44)26-32-48(13-3)14-4)30-20-19-21-31-51-41-25-23-37(47-10)35-39(41)45(8,29-18-12-2)43(51)27-33-49(15-5)16-6;2*1-2-4-5-3-1;;;/h9-30H,31-34H2,1-8H3;22-27,32-35H,11-21,28-31H2,1-8H3;2*1-5H2;2*1H3;/q2*+2;;;2*-1;+2. The van der Waals surface area contributed by atoms with Gasteiger partial charge in [-0.1, -0.05) is 213 Å². The fourth-order valence-electron chi connectivity index (χ4n) is 20.8. The second-order valence-electron chi connectivity index (χ2n) is 38.8. The monoisotopic (exact) mass is 1960 g/mol. The number of aryl methyl sites for hydroxylation is 2. The van der Waals surface area contributed by atoms with Crippen LogP contribution in [0.15, 0.2) is 193 Å². The summed E-state index contributed by atoms with van der Waals surface area (Å²) in [5, 5.41) is 0. The average Bonchev–Trinajstić information content (AvgIpc) is 1.57. The summed E-state index contributed by atoms with van der Waals surface area (Å²) in [6.07, 6.45) is 43.0. The van der Waals surface area contributed by atoms with Crippen molar-refractivity contribution < 1.29 is 79.3 Å². The normalized spacial score (nSPS) is 19.0. The van der Waals surface area contributed by atoms with Crippen molar-refractivity contribution >= 4 is 59.0 Å². The fraction of sp³-hybridized carbons (Fsp3) is 0.412. The van der Waals surface area contributed by atoms with Gasteiger partial charge in [-0.05, 0) is 217 Å². The van der Waals surface area contributed by atoms with Gasteiger partial charge >= 0.3 is 17.1 Å². The topological polar surface area (TPSA) is 33.7 Å². The Labute approximate surface area is 839 Å². The molecule has 0 saturated heterocycles. The van der Waals surface area contributed by atoms with Gasteiger partial charge in [-0.2, -0.15) is 0 Å². The number of fused-ring (bicyclic) bond motifs is 4. The van der Waals surface area contributed by atoms with Crippen LogP contribution in [0.3, 0.4) is 0 Å². The first-order chi connectivity index (χ1) is 65.7. The predicted molar refractivity (Wildman–Crippen MR) is 557 cm³/mol. The van der Waals surface area contributed by atoms with Crippen molar-refractivity contribution in [1.29, 1.82) is 0 Å². The van der Waals surface area contributed by atoms with Crippen LogP contribution in [0.2, 0.25) is 0 Å². The molecule has 4 aliphatic heterocycles. The molecule has 0 radical (unpaired) electrons. The van der Waals surface area contributed by atoms with Crippen molar-refractivity contribution in [3.05, 3.63) is 344 Å². The number of benzene rings is 9. The van der Waals surface area contributed by atoms with Crippen molar-refractivity contribution in [3.8, 4) is 22.3 Å². The second kappa shape index (κ2) is 50.3. The molecule has 6 aliphatic rings. The Morgan fingerprint density at radius 2 is 0.629 bits per heavy atom. The maximum atomic E-state index is 15.5. The molecule has 15 rings (SSSR count). The molecule has 4 unspecified atom stereocenters. The number of allylic oxidation sites excluding steroid dienone is 8. The minimum atomic E-state index is -2.24. The first-order valence-electron chi connectivity index (χ1n) is 49.4. The van der Waals surface area contributed by atoms with Gasteiger partial charge in [0, 0.05) is 118 Å². The molecule has 0 aromatic heterocycles. The number of hydrogen-bond acceptors (Lipinski definition) is 4. The van der Waals surface area contributed by atoms with Crippen LogP contribution in [-0.4, -0.2) is 111 Å². The van der Waals surface area contributed by atoms with Crippen LogP contribution in [-0.2, 0) is 64.7 Å². The Morgan fingerprint density at radius 1 is 0.343 bits per heavy atom. The molecule has 0 amide bonds. The Bertz CT molecular complexity index is 5760. The van der Waals surface area contributed by atoms with Crippen LogP contribution in [0.5, 0.6) is 0 Å². The molecular formula is C119H144F10FeN10+4. The Morgan fingerprint density at radius 3 is 0.929 bits per heavy atom. The molecule has 10 nitrogen and oxygen atoms in total. The smallest absolute Gasteiger partial charge is 0.358 e. The number of unbranched alkanes of at least 4 members (excludes halogenated alkanes) is 4. The summed E-state index contributed by atoms with van der Waals surface area (Å²) in [5.74, 6) is -20.3. The number of rotatable bonds is 30. The second-order valence-corrected chi connectivity index (χ2v) is 38.8. The van der Waals surface area contributed by atoms with Gasteiger partial charge in [0.2, 0.25) is 11.6 Å². The summed E-state index contributed by atoms with van der Waals surface area (Å²) in [7, 11) is 7.49. The summed E-state index contributed by atoms with van der Waals surface area (Å²) in [6, 6.07) is 45.4. The van der Waals surface area contributed by atoms with Crippen molar-refractivity contribution in [2.45, 2.75) is 253 Å². The van der Waals surface area contributed by atoms with Crippen LogP contribution >= 0.6 is 0 Å². The number of hydrogen-bond donors (Lipinski definition) is 0. The minimum absolute atomic E-state index is 0. The SMILES string of the molecule is C1CCCC1.C1CCCC1.Cc1ccccc1CC1(C)C(=CC=[N+](C)C)N(Cc2ccc(CN3C(=CC=[N+](C)C)C(C)(Cc4ccccc4C)c4cc(-c5c(F)c(F)c(F)c(F)c5F)ccc43)cc2)c2ccc(-c3c(F)c(F)c(F)c(F)c3F)cc21.[C-]#[N+]c1ccc2c(c1)C(C)(CCCC)C(=CC=[N+](CC)CC)N2CCCCCN1C(=CC=[N+](CC)CC)C(C)(CCCC)c2cc([N+]#[C-])ccc21.[CH3-].[CH3-].[Fe+2]. The zero-order valence-corrected chi connectivity index (χ0v) is 86.7. The average molecular weight is 1960 g/mol. The number of anilines is 4. The van der Waals surface area contributed by atoms with Gasteiger partial charge in [-0.15, -0.1) is 0 Å². The summed E-state index contributed by atoms with van der Waals surface area (Å²) in [6.45, 7) is 48.2. The van der Waals surface area contributed by atoms with Crippen LogP contribution in [0.4, 0.5) is 78.0 Å². The third kappa shape index (κ3) is 24.3. The van der Waals surface area contributed by atoms with E-state index >= 15 is 17.6 Å². The molecular weight excluding hydrogens is 1820 g/mol. The van der Waals surface area contributed by atoms with Gasteiger partial charge in [0.15, 0.2) is 82.8 Å². The van der Waals surface area contributed by atoms with Gasteiger partial charge in [0.1, 0.15) is 54.4 Å². The van der Waals surface area contributed by atoms with Gasteiger partial charge in [-0.25, -0.2) is 71.9 Å². The van der Waals surface area contributed by atoms with Gasteiger partial charge in [0.25, 0.3) is 0 Å². The third-order valence-corrected chi connectivity index (χ3v) is 28.9. The largest absolute Gasteiger partial charge is 2.00 e. The maximum absolute atomic E-state index is 15.5. The first-order valence-corrected chi connectivity index (χ1v) is 49.4. The summed E-state index contributed by atoms with van der Waals surface area (Å²) in [4.78, 5) is 17.0. The molecule has 2 aliphatic carbocycles. The molecule has 0 spiro atoms. The van der Waals surface area contributed by atoms with E-state index in [-0.39, 0.29) is 53.9 Å². The Kier molecular flexibility index (Phi) is 40.3. The van der Waals surface area contributed by atoms with E-state index in [4.69, 9.17) is 13.1 Å². The van der Waals surface area contributed by atoms with Crippen LogP contribution in [0.25, 0.3) is 31.9 Å². The van der Waals surface area contributed by atoms with E-state index in [1.807, 2.05) is 175 Å². The Balaban J connectivity index is 0.000000295. The molecule has 0 N–H and O–H groups in total. The molecule has 4 atom stereocenters. The van der Waals surface area contributed by atoms with Gasteiger partial charge in [0.05, 0.1) is 24.3 Å². The minimum Gasteiger partial charge on any atom is -0.358 e. The maximum Gasteiger partial charge on any atom is 2.00 e. The van der Waals surface area contributed by atoms with Crippen molar-refractivity contribution in [2.75, 3.05) is 87.1 Å². The number of nitrogens with zero attached hydrogens (tertiary/aromatic N) is 10. The van der Waals surface area contributed by atoms with Crippen molar-refractivity contribution in [2.24, 2.45) is 0 Å². The molecule has 2 fully saturated rings. The van der Waals surface area contributed by atoms with Crippen LogP contribution in [0, 0.1) is 100 Å². The first kappa shape index (κ1) is 112. The van der Waals surface area contributed by atoms with E-state index in [1.54, 1.807) is 12.1 Å². The van der Waals surface area contributed by atoms with E-state index in [0.717, 1.165) is 153 Å². The molecule has 0 bridgehead atoms. The molecule has 4 heterocycles. The van der Waals surface area contributed by atoms with E-state index in [1.165, 1.54) is 122 Å². The fourth-order valence-corrected chi connectivity index (χ4v) is 20.8. The van der Waals surface area contributed by atoms with E-state index in [9.17, 15) is 26.3 Å². The zero-order valence-electron chi connectivity index (χ0n) is 85.6. The van der Waals surface area contributed by atoms with Gasteiger partial charge in [-0.3, -0.25) is 0 Å². The summed E-state index contributed by atoms with van der Waals surface area (Å²) >= 11 is 0. The van der Waals surface area contributed by atoms with Crippen molar-refractivity contribution in [3.63, 3.8) is 0 Å². The molecule has 9 aromatic carbocycles. The summed E-state index contributed by atoms with van der Waals surface area (Å²) in [5.41, 5.74) is 14.8. The van der Waals surface area contributed by atoms with E-state index < -0.39 is 80.1 Å². The zero-order chi connectivity index (χ0) is 98.8. The predicted octanol–water partition coefficient (Wildman–Crippen LogP) is 30.5. The third-order valence-electron chi connectivity index (χ3n) is 28.9. The van der Waals surface area contributed by atoms with E-state index in [2.05, 4.69) is 143 Å². The van der Waals surface area contributed by atoms with Crippen molar-refractivity contribution in [1.82, 2.24) is 0 Å². The molecule has 9 aromatic rings. The molecule has 140 heavy (non-hydrogen) atoms.